The molecule has 1 heterocycles. The Bertz CT molecular complexity index is 885. The average molecular weight is 338 g/mol. The molecule has 5 heteroatoms. The zero-order chi connectivity index (χ0) is 17.8. The fraction of sp³-hybridized carbons (Fsp3) is 0.200. The predicted molar refractivity (Wildman–Crippen MR) is 94.8 cm³/mol. The van der Waals surface area contributed by atoms with Crippen LogP contribution in [0.15, 0.2) is 53.1 Å². The number of oxazole rings is 1. The Morgan fingerprint density at radius 2 is 1.92 bits per heavy atom. The molecular formula is C20H19FN2O2. The van der Waals surface area contributed by atoms with Crippen LogP contribution in [-0.4, -0.2) is 10.9 Å². The molecule has 3 rings (SSSR count). The van der Waals surface area contributed by atoms with Crippen LogP contribution in [-0.2, 0) is 11.2 Å². The van der Waals surface area contributed by atoms with Gasteiger partial charge in [-0.2, -0.15) is 0 Å². The highest BCUT2D eigenvalue weighted by Gasteiger charge is 2.10. The second-order valence-corrected chi connectivity index (χ2v) is 5.92. The number of amides is 1. The number of nitrogens with one attached hydrogen (secondary N) is 1. The van der Waals surface area contributed by atoms with Crippen LogP contribution in [0, 0.1) is 19.7 Å². The van der Waals surface area contributed by atoms with E-state index in [-0.39, 0.29) is 18.1 Å². The summed E-state index contributed by atoms with van der Waals surface area (Å²) in [7, 11) is 0. The first-order chi connectivity index (χ1) is 12.0. The van der Waals surface area contributed by atoms with Crippen LogP contribution in [0.2, 0.25) is 0 Å². The van der Waals surface area contributed by atoms with E-state index >= 15 is 0 Å². The Hall–Kier alpha value is -2.95. The molecule has 0 saturated heterocycles. The summed E-state index contributed by atoms with van der Waals surface area (Å²) in [5.74, 6) is 0.655. The van der Waals surface area contributed by atoms with E-state index in [4.69, 9.17) is 4.42 Å². The third-order valence-electron chi connectivity index (χ3n) is 4.13. The van der Waals surface area contributed by atoms with Gasteiger partial charge in [-0.05, 0) is 55.3 Å². The Labute approximate surface area is 145 Å². The van der Waals surface area contributed by atoms with Gasteiger partial charge in [0.1, 0.15) is 5.82 Å². The summed E-state index contributed by atoms with van der Waals surface area (Å²) < 4.78 is 18.6. The number of rotatable bonds is 5. The molecule has 0 aliphatic carbocycles. The van der Waals surface area contributed by atoms with Gasteiger partial charge in [0, 0.05) is 24.1 Å². The number of halogens is 1. The zero-order valence-corrected chi connectivity index (χ0v) is 14.2. The van der Waals surface area contributed by atoms with E-state index in [1.807, 2.05) is 32.0 Å². The number of hydrogen-bond donors (Lipinski definition) is 1. The van der Waals surface area contributed by atoms with Gasteiger partial charge in [-0.3, -0.25) is 4.79 Å². The molecule has 25 heavy (non-hydrogen) atoms. The summed E-state index contributed by atoms with van der Waals surface area (Å²) in [6.07, 6.45) is 2.26. The monoisotopic (exact) mass is 338 g/mol. The summed E-state index contributed by atoms with van der Waals surface area (Å²) in [5, 5.41) is 2.92. The van der Waals surface area contributed by atoms with Crippen LogP contribution >= 0.6 is 0 Å². The summed E-state index contributed by atoms with van der Waals surface area (Å²) in [5.41, 5.74) is 3.77. The summed E-state index contributed by atoms with van der Waals surface area (Å²) in [6.45, 7) is 3.99. The molecule has 0 aliphatic heterocycles. The Kier molecular flexibility index (Phi) is 4.93. The molecule has 0 unspecified atom stereocenters. The van der Waals surface area contributed by atoms with Crippen molar-refractivity contribution in [2.45, 2.75) is 26.7 Å². The van der Waals surface area contributed by atoms with Crippen molar-refractivity contribution < 1.29 is 13.6 Å². The average Bonchev–Trinajstić information content (AvgIpc) is 3.07. The minimum absolute atomic E-state index is 0.0877. The standard InChI is InChI=1S/C20H19FN2O2/c1-13-4-3-5-17(14(13)2)23-19(24)10-11-20-22-12-18(25-20)15-6-8-16(21)9-7-15/h3-9,12H,10-11H2,1-2H3,(H,23,24). The normalized spacial score (nSPS) is 10.7. The van der Waals surface area contributed by atoms with Crippen molar-refractivity contribution >= 4 is 11.6 Å². The van der Waals surface area contributed by atoms with Gasteiger partial charge in [0.25, 0.3) is 0 Å². The number of carbonyl (C=O) groups is 1. The predicted octanol–water partition coefficient (Wildman–Crippen LogP) is 4.67. The minimum Gasteiger partial charge on any atom is -0.441 e. The van der Waals surface area contributed by atoms with E-state index in [9.17, 15) is 9.18 Å². The molecule has 0 atom stereocenters. The molecule has 1 aromatic heterocycles. The highest BCUT2D eigenvalue weighted by atomic mass is 19.1. The minimum atomic E-state index is -0.299. The van der Waals surface area contributed by atoms with Gasteiger partial charge in [-0.1, -0.05) is 12.1 Å². The second kappa shape index (κ2) is 7.30. The number of hydrogen-bond acceptors (Lipinski definition) is 3. The van der Waals surface area contributed by atoms with E-state index < -0.39 is 0 Å². The molecule has 0 radical (unpaired) electrons. The van der Waals surface area contributed by atoms with Crippen LogP contribution < -0.4 is 5.32 Å². The number of aryl methyl sites for hydroxylation is 2. The SMILES string of the molecule is Cc1cccc(NC(=O)CCc2ncc(-c3ccc(F)cc3)o2)c1C. The second-order valence-electron chi connectivity index (χ2n) is 5.92. The smallest absolute Gasteiger partial charge is 0.224 e. The van der Waals surface area contributed by atoms with Gasteiger partial charge >= 0.3 is 0 Å². The summed E-state index contributed by atoms with van der Waals surface area (Å²) in [4.78, 5) is 16.3. The first kappa shape index (κ1) is 16.9. The van der Waals surface area contributed by atoms with Crippen molar-refractivity contribution in [1.82, 2.24) is 4.98 Å². The largest absolute Gasteiger partial charge is 0.441 e. The molecule has 0 fully saturated rings. The molecule has 2 aromatic carbocycles. The molecule has 1 N–H and O–H groups in total. The van der Waals surface area contributed by atoms with Crippen molar-refractivity contribution in [2.24, 2.45) is 0 Å². The molecule has 3 aromatic rings. The van der Waals surface area contributed by atoms with Gasteiger partial charge in [0.2, 0.25) is 5.91 Å². The first-order valence-electron chi connectivity index (χ1n) is 8.09. The van der Waals surface area contributed by atoms with E-state index in [2.05, 4.69) is 10.3 Å². The van der Waals surface area contributed by atoms with Gasteiger partial charge < -0.3 is 9.73 Å². The van der Waals surface area contributed by atoms with Gasteiger partial charge in [-0.25, -0.2) is 9.37 Å². The number of carbonyl (C=O) groups excluding carboxylic acids is 1. The van der Waals surface area contributed by atoms with Gasteiger partial charge in [-0.15, -0.1) is 0 Å². The maximum Gasteiger partial charge on any atom is 0.224 e. The molecule has 0 aliphatic rings. The topological polar surface area (TPSA) is 55.1 Å². The van der Waals surface area contributed by atoms with Crippen LogP contribution in [0.25, 0.3) is 11.3 Å². The van der Waals surface area contributed by atoms with Crippen molar-refractivity contribution in [1.29, 1.82) is 0 Å². The van der Waals surface area contributed by atoms with Gasteiger partial charge in [0.15, 0.2) is 11.7 Å². The lowest BCUT2D eigenvalue weighted by atomic mass is 10.1. The van der Waals surface area contributed by atoms with E-state index in [0.29, 0.717) is 18.1 Å². The van der Waals surface area contributed by atoms with E-state index in [0.717, 1.165) is 22.4 Å². The van der Waals surface area contributed by atoms with Crippen LogP contribution in [0.1, 0.15) is 23.4 Å². The third kappa shape index (κ3) is 4.12. The van der Waals surface area contributed by atoms with Crippen molar-refractivity contribution in [3.8, 4) is 11.3 Å². The Morgan fingerprint density at radius 1 is 1.16 bits per heavy atom. The molecular weight excluding hydrogens is 319 g/mol. The zero-order valence-electron chi connectivity index (χ0n) is 14.2. The van der Waals surface area contributed by atoms with Crippen molar-refractivity contribution in [3.63, 3.8) is 0 Å². The maximum atomic E-state index is 13.0. The fourth-order valence-corrected chi connectivity index (χ4v) is 2.49. The number of aromatic nitrogens is 1. The maximum absolute atomic E-state index is 13.0. The molecule has 128 valence electrons. The van der Waals surface area contributed by atoms with Gasteiger partial charge in [0.05, 0.1) is 6.20 Å². The Morgan fingerprint density at radius 3 is 2.68 bits per heavy atom. The number of nitrogens with zero attached hydrogens (tertiary/aromatic N) is 1. The molecule has 0 bridgehead atoms. The first-order valence-corrected chi connectivity index (χ1v) is 8.09. The van der Waals surface area contributed by atoms with Crippen molar-refractivity contribution in [3.05, 3.63) is 71.5 Å². The number of benzene rings is 2. The van der Waals surface area contributed by atoms with E-state index in [1.54, 1.807) is 18.3 Å². The van der Waals surface area contributed by atoms with Crippen molar-refractivity contribution in [2.75, 3.05) is 5.32 Å². The lowest BCUT2D eigenvalue weighted by Gasteiger charge is -2.09. The Balaban J connectivity index is 1.59. The highest BCUT2D eigenvalue weighted by molar-refractivity contribution is 5.91. The number of anilines is 1. The molecule has 0 spiro atoms. The lowest BCUT2D eigenvalue weighted by molar-refractivity contribution is -0.116. The van der Waals surface area contributed by atoms with Crippen LogP contribution in [0.3, 0.4) is 0 Å². The van der Waals surface area contributed by atoms with Crippen LogP contribution in [0.4, 0.5) is 10.1 Å². The van der Waals surface area contributed by atoms with Crippen LogP contribution in [0.5, 0.6) is 0 Å². The third-order valence-corrected chi connectivity index (χ3v) is 4.13. The lowest BCUT2D eigenvalue weighted by Crippen LogP contribution is -2.13. The molecule has 0 saturated carbocycles. The molecule has 4 nitrogen and oxygen atoms in total. The highest BCUT2D eigenvalue weighted by Crippen LogP contribution is 2.22. The quantitative estimate of drug-likeness (QED) is 0.735. The fourth-order valence-electron chi connectivity index (χ4n) is 2.49. The molecule has 1 amide bonds. The summed E-state index contributed by atoms with van der Waals surface area (Å²) in [6, 6.07) is 11.8. The van der Waals surface area contributed by atoms with E-state index in [1.165, 1.54) is 12.1 Å². The summed E-state index contributed by atoms with van der Waals surface area (Å²) >= 11 is 0.